The fourth-order valence-electron chi connectivity index (χ4n) is 1.20. The topological polar surface area (TPSA) is 37.8 Å². The van der Waals surface area contributed by atoms with Crippen molar-refractivity contribution in [3.8, 4) is 0 Å². The molecule has 2 aromatic heterocycles. The molecule has 78 valence electrons. The number of aromatic nitrogens is 2. The molecule has 0 bridgehead atoms. The van der Waals surface area contributed by atoms with E-state index in [9.17, 15) is 0 Å². The first-order chi connectivity index (χ1) is 7.34. The van der Waals surface area contributed by atoms with Crippen molar-refractivity contribution in [2.24, 2.45) is 0 Å². The fourth-order valence-corrected chi connectivity index (χ4v) is 2.41. The van der Waals surface area contributed by atoms with Crippen molar-refractivity contribution in [3.63, 3.8) is 0 Å². The van der Waals surface area contributed by atoms with Crippen LogP contribution in [0.3, 0.4) is 0 Å². The minimum Gasteiger partial charge on any atom is -0.307 e. The van der Waals surface area contributed by atoms with Gasteiger partial charge in [-0.3, -0.25) is 0 Å². The van der Waals surface area contributed by atoms with E-state index in [0.717, 1.165) is 18.8 Å². The van der Waals surface area contributed by atoms with Crippen LogP contribution in [0.1, 0.15) is 11.3 Å². The number of nitrogens with zero attached hydrogens (tertiary/aromatic N) is 2. The Morgan fingerprint density at radius 3 is 3.00 bits per heavy atom. The molecule has 2 aromatic rings. The SMILES string of the molecule is Brc1cc(CNCc2cccnn2)cs1. The van der Waals surface area contributed by atoms with E-state index in [1.807, 2.05) is 12.1 Å². The lowest BCUT2D eigenvalue weighted by Gasteiger charge is -2.01. The van der Waals surface area contributed by atoms with Gasteiger partial charge in [0.15, 0.2) is 0 Å². The summed E-state index contributed by atoms with van der Waals surface area (Å²) in [6.07, 6.45) is 1.68. The van der Waals surface area contributed by atoms with Gasteiger partial charge in [0.05, 0.1) is 9.48 Å². The summed E-state index contributed by atoms with van der Waals surface area (Å²) >= 11 is 5.14. The second-order valence-corrected chi connectivity index (χ2v) is 5.37. The Morgan fingerprint density at radius 1 is 1.40 bits per heavy atom. The van der Waals surface area contributed by atoms with Gasteiger partial charge in [-0.05, 0) is 45.1 Å². The minimum atomic E-state index is 0.751. The molecule has 15 heavy (non-hydrogen) atoms. The second-order valence-electron chi connectivity index (χ2n) is 3.08. The maximum Gasteiger partial charge on any atom is 0.0769 e. The molecule has 0 aromatic carbocycles. The van der Waals surface area contributed by atoms with Crippen molar-refractivity contribution < 1.29 is 0 Å². The predicted molar refractivity (Wildman–Crippen MR) is 64.6 cm³/mol. The van der Waals surface area contributed by atoms with E-state index in [1.165, 1.54) is 9.35 Å². The lowest BCUT2D eigenvalue weighted by Crippen LogP contribution is -2.13. The van der Waals surface area contributed by atoms with Gasteiger partial charge in [0.25, 0.3) is 0 Å². The van der Waals surface area contributed by atoms with Gasteiger partial charge in [-0.15, -0.1) is 11.3 Å². The first kappa shape index (κ1) is 10.7. The number of nitrogens with one attached hydrogen (secondary N) is 1. The lowest BCUT2D eigenvalue weighted by molar-refractivity contribution is 0.671. The van der Waals surface area contributed by atoms with E-state index in [2.05, 4.69) is 42.9 Å². The summed E-state index contributed by atoms with van der Waals surface area (Å²) in [5, 5.41) is 13.3. The Kier molecular flexibility index (Phi) is 3.82. The first-order valence-corrected chi connectivity index (χ1v) is 6.22. The average molecular weight is 284 g/mol. The monoisotopic (exact) mass is 283 g/mol. The molecular weight excluding hydrogens is 274 g/mol. The highest BCUT2D eigenvalue weighted by Gasteiger charge is 1.97. The van der Waals surface area contributed by atoms with E-state index in [4.69, 9.17) is 0 Å². The summed E-state index contributed by atoms with van der Waals surface area (Å²) in [5.41, 5.74) is 2.25. The Bertz CT molecular complexity index is 416. The van der Waals surface area contributed by atoms with Crippen molar-refractivity contribution in [1.29, 1.82) is 0 Å². The molecule has 0 spiro atoms. The highest BCUT2D eigenvalue weighted by molar-refractivity contribution is 9.11. The van der Waals surface area contributed by atoms with Crippen LogP contribution in [0, 0.1) is 0 Å². The van der Waals surface area contributed by atoms with Crippen LogP contribution in [0.5, 0.6) is 0 Å². The molecule has 0 aliphatic rings. The van der Waals surface area contributed by atoms with E-state index >= 15 is 0 Å². The highest BCUT2D eigenvalue weighted by atomic mass is 79.9. The van der Waals surface area contributed by atoms with Gasteiger partial charge in [0.1, 0.15) is 0 Å². The van der Waals surface area contributed by atoms with Gasteiger partial charge < -0.3 is 5.32 Å². The van der Waals surface area contributed by atoms with Crippen LogP contribution in [0.25, 0.3) is 0 Å². The quantitative estimate of drug-likeness (QED) is 0.937. The summed E-state index contributed by atoms with van der Waals surface area (Å²) in [6, 6.07) is 5.98. The first-order valence-electron chi connectivity index (χ1n) is 4.55. The van der Waals surface area contributed by atoms with Crippen LogP contribution in [0.4, 0.5) is 0 Å². The molecule has 0 saturated carbocycles. The highest BCUT2D eigenvalue weighted by Crippen LogP contribution is 2.20. The van der Waals surface area contributed by atoms with E-state index < -0.39 is 0 Å². The maximum absolute atomic E-state index is 4.00. The summed E-state index contributed by atoms with van der Waals surface area (Å²) < 4.78 is 1.17. The number of hydrogen-bond donors (Lipinski definition) is 1. The Morgan fingerprint density at radius 2 is 2.33 bits per heavy atom. The molecule has 0 saturated heterocycles. The van der Waals surface area contributed by atoms with E-state index in [0.29, 0.717) is 0 Å². The molecule has 1 N–H and O–H groups in total. The average Bonchev–Trinajstić information content (AvgIpc) is 2.66. The maximum atomic E-state index is 4.00. The Hall–Kier alpha value is -0.780. The minimum absolute atomic E-state index is 0.751. The number of halogens is 1. The number of thiophene rings is 1. The third-order valence-electron chi connectivity index (χ3n) is 1.88. The smallest absolute Gasteiger partial charge is 0.0769 e. The molecule has 2 rings (SSSR count). The van der Waals surface area contributed by atoms with Gasteiger partial charge in [0, 0.05) is 19.3 Å². The van der Waals surface area contributed by atoms with Crippen LogP contribution in [0.15, 0.2) is 33.6 Å². The zero-order valence-corrected chi connectivity index (χ0v) is 10.4. The summed E-state index contributed by atoms with van der Waals surface area (Å²) in [6.45, 7) is 1.61. The molecule has 0 unspecified atom stereocenters. The van der Waals surface area contributed by atoms with Crippen LogP contribution in [-0.2, 0) is 13.1 Å². The van der Waals surface area contributed by atoms with Crippen molar-refractivity contribution in [3.05, 3.63) is 44.8 Å². The lowest BCUT2D eigenvalue weighted by atomic mass is 10.3. The molecule has 0 aliphatic heterocycles. The summed E-state index contributed by atoms with van der Waals surface area (Å²) in [4.78, 5) is 0. The van der Waals surface area contributed by atoms with Crippen molar-refractivity contribution >= 4 is 27.3 Å². The van der Waals surface area contributed by atoms with E-state index in [-0.39, 0.29) is 0 Å². The number of hydrogen-bond acceptors (Lipinski definition) is 4. The molecule has 3 nitrogen and oxygen atoms in total. The van der Waals surface area contributed by atoms with Crippen LogP contribution < -0.4 is 5.32 Å². The molecular formula is C10H10BrN3S. The molecule has 0 amide bonds. The van der Waals surface area contributed by atoms with Gasteiger partial charge in [0.2, 0.25) is 0 Å². The van der Waals surface area contributed by atoms with Crippen molar-refractivity contribution in [2.45, 2.75) is 13.1 Å². The van der Waals surface area contributed by atoms with Crippen LogP contribution >= 0.6 is 27.3 Å². The van der Waals surface area contributed by atoms with Crippen LogP contribution in [0.2, 0.25) is 0 Å². The standard InChI is InChI=1S/C10H10BrN3S/c11-10-4-8(7-15-10)5-12-6-9-2-1-3-13-14-9/h1-4,7,12H,5-6H2. The zero-order chi connectivity index (χ0) is 10.5. The Labute approximate surface area is 101 Å². The predicted octanol–water partition coefficient (Wildman–Crippen LogP) is 2.59. The summed E-state index contributed by atoms with van der Waals surface area (Å²) in [5.74, 6) is 0. The van der Waals surface area contributed by atoms with Crippen molar-refractivity contribution in [1.82, 2.24) is 15.5 Å². The normalized spacial score (nSPS) is 10.5. The third-order valence-corrected chi connectivity index (χ3v) is 3.44. The third kappa shape index (κ3) is 3.37. The molecule has 5 heteroatoms. The largest absolute Gasteiger partial charge is 0.307 e. The molecule has 0 fully saturated rings. The molecule has 0 aliphatic carbocycles. The van der Waals surface area contributed by atoms with Gasteiger partial charge in [-0.1, -0.05) is 0 Å². The second kappa shape index (κ2) is 5.34. The number of rotatable bonds is 4. The summed E-state index contributed by atoms with van der Waals surface area (Å²) in [7, 11) is 0. The van der Waals surface area contributed by atoms with E-state index in [1.54, 1.807) is 17.5 Å². The molecule has 2 heterocycles. The van der Waals surface area contributed by atoms with Gasteiger partial charge in [-0.2, -0.15) is 10.2 Å². The molecule has 0 atom stereocenters. The van der Waals surface area contributed by atoms with Gasteiger partial charge >= 0.3 is 0 Å². The van der Waals surface area contributed by atoms with Crippen molar-refractivity contribution in [2.75, 3.05) is 0 Å². The van der Waals surface area contributed by atoms with Crippen LogP contribution in [-0.4, -0.2) is 10.2 Å². The molecule has 0 radical (unpaired) electrons. The fraction of sp³-hybridized carbons (Fsp3) is 0.200. The Balaban J connectivity index is 1.80. The van der Waals surface area contributed by atoms with Gasteiger partial charge in [-0.25, -0.2) is 0 Å². The zero-order valence-electron chi connectivity index (χ0n) is 7.98.